The van der Waals surface area contributed by atoms with Crippen LogP contribution in [-0.4, -0.2) is 102 Å². The Morgan fingerprint density at radius 1 is 0.741 bits per heavy atom. The van der Waals surface area contributed by atoms with Crippen molar-refractivity contribution < 1.29 is 66.5 Å². The van der Waals surface area contributed by atoms with Gasteiger partial charge in [-0.05, 0) is 61.4 Å². The highest BCUT2D eigenvalue weighted by Crippen LogP contribution is 2.47. The summed E-state index contributed by atoms with van der Waals surface area (Å²) < 4.78 is 63.2. The number of benzene rings is 2. The van der Waals surface area contributed by atoms with Crippen molar-refractivity contribution in [1.29, 1.82) is 0 Å². The van der Waals surface area contributed by atoms with Gasteiger partial charge in [-0.1, -0.05) is 37.4 Å². The third kappa shape index (κ3) is 9.31. The number of rotatable bonds is 17. The van der Waals surface area contributed by atoms with Crippen molar-refractivity contribution in [2.24, 2.45) is 0 Å². The molecule has 0 radical (unpaired) electrons. The third-order valence-corrected chi connectivity index (χ3v) is 9.17. The van der Waals surface area contributed by atoms with Gasteiger partial charge in [-0.15, -0.1) is 0 Å². The van der Waals surface area contributed by atoms with Crippen LogP contribution in [0.2, 0.25) is 0 Å². The fraction of sp³-hybridized carbons (Fsp3) is 0.425. The number of esters is 3. The first-order valence-corrected chi connectivity index (χ1v) is 17.0. The molecule has 1 heterocycles. The molecule has 2 fully saturated rings. The van der Waals surface area contributed by atoms with Crippen LogP contribution in [0.1, 0.15) is 37.8 Å². The average Bonchev–Trinajstić information content (AvgIpc) is 3.18. The number of hydrogen-bond acceptors (Lipinski definition) is 14. The molecule has 14 nitrogen and oxygen atoms in total. The normalized spacial score (nSPS) is 26.3. The molecule has 4 rings (SSSR count). The summed E-state index contributed by atoms with van der Waals surface area (Å²) in [6, 6.07) is 10.2. The first-order chi connectivity index (χ1) is 25.8. The number of carbonyl (C=O) groups excluding carboxylic acids is 3. The highest BCUT2D eigenvalue weighted by Gasteiger charge is 2.64. The second-order valence-electron chi connectivity index (χ2n) is 12.5. The molecule has 0 unspecified atom stereocenters. The summed E-state index contributed by atoms with van der Waals surface area (Å²) in [5.74, 6) is -3.66. The number of carbonyl (C=O) groups is 3. The topological polar surface area (TPSA) is 153 Å². The molecule has 1 saturated carbocycles. The van der Waals surface area contributed by atoms with E-state index in [1.165, 1.54) is 46.7 Å². The summed E-state index contributed by atoms with van der Waals surface area (Å²) in [6.07, 6.45) is 4.82. The highest BCUT2D eigenvalue weighted by molar-refractivity contribution is 5.91. The van der Waals surface area contributed by atoms with E-state index in [-0.39, 0.29) is 26.1 Å². The van der Waals surface area contributed by atoms with Gasteiger partial charge in [0.25, 0.3) is 0 Å². The Hall–Kier alpha value is -5.15. The van der Waals surface area contributed by atoms with Crippen molar-refractivity contribution in [2.75, 3.05) is 48.8 Å². The van der Waals surface area contributed by atoms with E-state index >= 15 is 0 Å². The smallest absolute Gasteiger partial charge is 0.350 e. The lowest BCUT2D eigenvalue weighted by molar-refractivity contribution is -0.460. The molecule has 2 aromatic carbocycles. The molecule has 0 amide bonds. The van der Waals surface area contributed by atoms with Crippen molar-refractivity contribution in [3.63, 3.8) is 0 Å². The van der Waals surface area contributed by atoms with Crippen molar-refractivity contribution in [3.05, 3.63) is 85.0 Å². The number of ether oxygens (including phenoxy) is 11. The maximum atomic E-state index is 13.6. The first kappa shape index (κ1) is 41.6. The van der Waals surface area contributed by atoms with Gasteiger partial charge < -0.3 is 52.1 Å². The molecule has 292 valence electrons. The van der Waals surface area contributed by atoms with E-state index in [2.05, 4.69) is 13.2 Å². The second kappa shape index (κ2) is 18.3. The summed E-state index contributed by atoms with van der Waals surface area (Å²) in [5.41, 5.74) is -0.781. The Kier molecular flexibility index (Phi) is 14.1. The molecule has 1 aliphatic heterocycles. The summed E-state index contributed by atoms with van der Waals surface area (Å²) in [6.45, 7) is 11.1. The van der Waals surface area contributed by atoms with Crippen LogP contribution in [0.3, 0.4) is 0 Å². The van der Waals surface area contributed by atoms with Crippen molar-refractivity contribution in [1.82, 2.24) is 0 Å². The summed E-state index contributed by atoms with van der Waals surface area (Å²) >= 11 is 0. The third-order valence-electron chi connectivity index (χ3n) is 9.17. The molecule has 2 aliphatic rings. The van der Waals surface area contributed by atoms with Gasteiger partial charge in [0.1, 0.15) is 25.4 Å². The Balaban J connectivity index is 1.64. The summed E-state index contributed by atoms with van der Waals surface area (Å²) in [5, 5.41) is 0. The van der Waals surface area contributed by atoms with Gasteiger partial charge in [0, 0.05) is 39.2 Å². The van der Waals surface area contributed by atoms with Gasteiger partial charge in [0.05, 0.1) is 27.4 Å². The van der Waals surface area contributed by atoms with Crippen LogP contribution in [0.15, 0.2) is 73.9 Å². The van der Waals surface area contributed by atoms with Crippen LogP contribution >= 0.6 is 0 Å². The van der Waals surface area contributed by atoms with Crippen molar-refractivity contribution in [2.45, 2.75) is 62.2 Å². The quantitative estimate of drug-likeness (QED) is 0.0897. The number of fused-ring (bicyclic) bond motifs is 1. The standard InChI is InChI=1S/C40H48O14/c1-10-20-49-28-16-12-26(22-30(28)44-5)14-18-34(41)51-32-24-40(37(43)46-7,25-33-36(32)54-39(4,48-9)38(3,47-8)52-33)53-35(42)19-15-27-13-17-29(50-21-11-2)31(23-27)45-6/h10-19,22-23,32-33,36H,1-2,20-21,24-25H2,3-9H3/b18-14+,19-15+/t32-,33+,36+,38-,39-,40-/m0/s1. The Bertz CT molecular complexity index is 1730. The van der Waals surface area contributed by atoms with E-state index in [1.54, 1.807) is 62.4 Å². The van der Waals surface area contributed by atoms with Gasteiger partial charge in [-0.3, -0.25) is 0 Å². The maximum absolute atomic E-state index is 13.6. The van der Waals surface area contributed by atoms with Crippen molar-refractivity contribution in [3.8, 4) is 23.0 Å². The van der Waals surface area contributed by atoms with E-state index in [9.17, 15) is 14.4 Å². The van der Waals surface area contributed by atoms with Crippen molar-refractivity contribution >= 4 is 30.1 Å². The first-order valence-electron chi connectivity index (χ1n) is 17.0. The highest BCUT2D eigenvalue weighted by atomic mass is 16.8. The second-order valence-corrected chi connectivity index (χ2v) is 12.5. The van der Waals surface area contributed by atoms with E-state index in [0.717, 1.165) is 13.2 Å². The number of hydrogen-bond donors (Lipinski definition) is 0. The zero-order valence-electron chi connectivity index (χ0n) is 31.6. The molecule has 0 bridgehead atoms. The summed E-state index contributed by atoms with van der Waals surface area (Å²) in [4.78, 5) is 40.5. The molecular weight excluding hydrogens is 704 g/mol. The lowest BCUT2D eigenvalue weighted by Crippen LogP contribution is -2.71. The van der Waals surface area contributed by atoms with Gasteiger partial charge in [-0.25, -0.2) is 14.4 Å². The predicted molar refractivity (Wildman–Crippen MR) is 196 cm³/mol. The van der Waals surface area contributed by atoms with Crippen LogP contribution in [0.25, 0.3) is 12.2 Å². The minimum Gasteiger partial charge on any atom is -0.493 e. The zero-order valence-corrected chi connectivity index (χ0v) is 31.6. The average molecular weight is 753 g/mol. The minimum absolute atomic E-state index is 0.226. The van der Waals surface area contributed by atoms with Crippen LogP contribution in [0.5, 0.6) is 23.0 Å². The molecular formula is C40H48O14. The molecule has 2 aromatic rings. The van der Waals surface area contributed by atoms with Crippen LogP contribution < -0.4 is 18.9 Å². The van der Waals surface area contributed by atoms with Crippen LogP contribution in [-0.2, 0) is 47.5 Å². The van der Waals surface area contributed by atoms with E-state index in [0.29, 0.717) is 34.1 Å². The molecule has 0 aromatic heterocycles. The fourth-order valence-electron chi connectivity index (χ4n) is 6.14. The Morgan fingerprint density at radius 3 is 1.74 bits per heavy atom. The molecule has 1 saturated heterocycles. The molecule has 0 spiro atoms. The van der Waals surface area contributed by atoms with E-state index < -0.39 is 53.4 Å². The maximum Gasteiger partial charge on any atom is 0.350 e. The predicted octanol–water partition coefficient (Wildman–Crippen LogP) is 5.23. The Morgan fingerprint density at radius 2 is 1.26 bits per heavy atom. The molecule has 6 atom stereocenters. The SMILES string of the molecule is C=CCOc1ccc(/C=C/C(=O)O[C@H]2C[C@@](OC(=O)/C=C/c3ccc(OCC=C)c(OC)c3)(C(=O)OC)C[C@H]3O[C@](C)(OC)[C@@](C)(OC)O[C@H]23)cc1OC. The van der Waals surface area contributed by atoms with E-state index in [1.807, 2.05) is 0 Å². The zero-order chi connectivity index (χ0) is 39.5. The van der Waals surface area contributed by atoms with Gasteiger partial charge >= 0.3 is 17.9 Å². The summed E-state index contributed by atoms with van der Waals surface area (Å²) in [7, 11) is 6.97. The largest absolute Gasteiger partial charge is 0.493 e. The fourth-order valence-corrected chi connectivity index (χ4v) is 6.14. The van der Waals surface area contributed by atoms with Gasteiger partial charge in [-0.2, -0.15) is 0 Å². The number of methoxy groups -OCH3 is 5. The van der Waals surface area contributed by atoms with Crippen LogP contribution in [0.4, 0.5) is 0 Å². The molecule has 1 aliphatic carbocycles. The van der Waals surface area contributed by atoms with Crippen LogP contribution in [0, 0.1) is 0 Å². The monoisotopic (exact) mass is 752 g/mol. The van der Waals surface area contributed by atoms with Gasteiger partial charge in [0.15, 0.2) is 23.0 Å². The minimum atomic E-state index is -1.97. The lowest BCUT2D eigenvalue weighted by Gasteiger charge is -2.56. The Labute approximate surface area is 315 Å². The van der Waals surface area contributed by atoms with E-state index in [4.69, 9.17) is 52.1 Å². The molecule has 0 N–H and O–H groups in total. The lowest BCUT2D eigenvalue weighted by atomic mass is 9.77. The van der Waals surface area contributed by atoms with Gasteiger partial charge in [0.2, 0.25) is 17.2 Å². The molecule has 14 heteroatoms. The molecule has 54 heavy (non-hydrogen) atoms.